The van der Waals surface area contributed by atoms with Gasteiger partial charge in [-0.25, -0.2) is 9.48 Å². The topological polar surface area (TPSA) is 61.5 Å². The summed E-state index contributed by atoms with van der Waals surface area (Å²) < 4.78 is 14.0. The summed E-state index contributed by atoms with van der Waals surface area (Å²) in [4.78, 5) is 14.6. The molecule has 0 aliphatic carbocycles. The van der Waals surface area contributed by atoms with Crippen molar-refractivity contribution in [3.63, 3.8) is 0 Å². The third-order valence-corrected chi connectivity index (χ3v) is 5.04. The maximum absolute atomic E-state index is 12.2. The Kier molecular flexibility index (Phi) is 5.66. The SMILES string of the molecule is CCn1c([C@@H]2CCCN(Cc3cc(OC)cc(OC)c3)C2)nn(C)c1=O. The molecule has 0 bridgehead atoms. The highest BCUT2D eigenvalue weighted by molar-refractivity contribution is 5.38. The van der Waals surface area contributed by atoms with E-state index in [4.69, 9.17) is 9.47 Å². The van der Waals surface area contributed by atoms with Crippen molar-refractivity contribution in [1.29, 1.82) is 0 Å². The Bertz CT molecular complexity index is 789. The summed E-state index contributed by atoms with van der Waals surface area (Å²) in [5.74, 6) is 2.80. The first-order chi connectivity index (χ1) is 12.5. The lowest BCUT2D eigenvalue weighted by Crippen LogP contribution is -2.35. The molecule has 1 saturated heterocycles. The van der Waals surface area contributed by atoms with Crippen LogP contribution in [0.25, 0.3) is 0 Å². The number of rotatable bonds is 6. The number of aromatic nitrogens is 3. The number of hydrogen-bond acceptors (Lipinski definition) is 5. The molecule has 0 radical (unpaired) electrons. The highest BCUT2D eigenvalue weighted by Gasteiger charge is 2.26. The zero-order chi connectivity index (χ0) is 18.7. The number of benzene rings is 1. The Morgan fingerprint density at radius 2 is 1.88 bits per heavy atom. The fraction of sp³-hybridized carbons (Fsp3) is 0.579. The van der Waals surface area contributed by atoms with E-state index in [0.717, 1.165) is 55.4 Å². The fourth-order valence-electron chi connectivity index (χ4n) is 3.75. The lowest BCUT2D eigenvalue weighted by molar-refractivity contribution is 0.194. The number of methoxy groups -OCH3 is 2. The van der Waals surface area contributed by atoms with E-state index in [2.05, 4.69) is 22.1 Å². The molecule has 1 aromatic carbocycles. The van der Waals surface area contributed by atoms with Crippen molar-refractivity contribution in [1.82, 2.24) is 19.2 Å². The van der Waals surface area contributed by atoms with Gasteiger partial charge in [0.2, 0.25) is 0 Å². The van der Waals surface area contributed by atoms with Gasteiger partial charge in [-0.3, -0.25) is 9.47 Å². The van der Waals surface area contributed by atoms with Crippen LogP contribution in [0.15, 0.2) is 23.0 Å². The third kappa shape index (κ3) is 3.77. The first-order valence-corrected chi connectivity index (χ1v) is 9.13. The van der Waals surface area contributed by atoms with Crippen LogP contribution < -0.4 is 15.2 Å². The predicted octanol–water partition coefficient (Wildman–Crippen LogP) is 2.00. The molecule has 3 rings (SSSR count). The van der Waals surface area contributed by atoms with Crippen molar-refractivity contribution >= 4 is 0 Å². The van der Waals surface area contributed by atoms with Gasteiger partial charge in [0.15, 0.2) is 0 Å². The Morgan fingerprint density at radius 3 is 2.50 bits per heavy atom. The lowest BCUT2D eigenvalue weighted by atomic mass is 9.96. The zero-order valence-electron chi connectivity index (χ0n) is 16.1. The molecule has 0 spiro atoms. The van der Waals surface area contributed by atoms with Crippen molar-refractivity contribution < 1.29 is 9.47 Å². The van der Waals surface area contributed by atoms with E-state index in [9.17, 15) is 4.79 Å². The molecule has 7 nitrogen and oxygen atoms in total. The maximum Gasteiger partial charge on any atom is 0.345 e. The second kappa shape index (κ2) is 7.95. The summed E-state index contributed by atoms with van der Waals surface area (Å²) in [6, 6.07) is 5.99. The summed E-state index contributed by atoms with van der Waals surface area (Å²) in [6.07, 6.45) is 2.16. The second-order valence-electron chi connectivity index (χ2n) is 6.80. The van der Waals surface area contributed by atoms with Gasteiger partial charge in [-0.1, -0.05) is 0 Å². The van der Waals surface area contributed by atoms with Crippen molar-refractivity contribution in [2.45, 2.75) is 38.8 Å². The predicted molar refractivity (Wildman–Crippen MR) is 99.9 cm³/mol. The number of aryl methyl sites for hydroxylation is 1. The highest BCUT2D eigenvalue weighted by atomic mass is 16.5. The molecule has 0 unspecified atom stereocenters. The van der Waals surface area contributed by atoms with Crippen LogP contribution in [0.1, 0.15) is 37.1 Å². The van der Waals surface area contributed by atoms with Gasteiger partial charge in [-0.15, -0.1) is 0 Å². The van der Waals surface area contributed by atoms with Gasteiger partial charge in [-0.05, 0) is 44.0 Å². The minimum absolute atomic E-state index is 0.0304. The summed E-state index contributed by atoms with van der Waals surface area (Å²) in [7, 11) is 5.06. The van der Waals surface area contributed by atoms with E-state index in [1.165, 1.54) is 4.68 Å². The first-order valence-electron chi connectivity index (χ1n) is 9.13. The molecule has 2 aromatic rings. The monoisotopic (exact) mass is 360 g/mol. The molecule has 7 heteroatoms. The van der Waals surface area contributed by atoms with Crippen LogP contribution in [0.4, 0.5) is 0 Å². The number of piperidine rings is 1. The summed E-state index contributed by atoms with van der Waals surface area (Å²) >= 11 is 0. The Hall–Kier alpha value is -2.28. The molecule has 1 fully saturated rings. The van der Waals surface area contributed by atoms with Gasteiger partial charge in [0.25, 0.3) is 0 Å². The molecule has 2 heterocycles. The van der Waals surface area contributed by atoms with Crippen molar-refractivity contribution in [2.75, 3.05) is 27.3 Å². The van der Waals surface area contributed by atoms with Crippen LogP contribution in [0, 0.1) is 0 Å². The zero-order valence-corrected chi connectivity index (χ0v) is 16.1. The fourth-order valence-corrected chi connectivity index (χ4v) is 3.75. The summed E-state index contributed by atoms with van der Waals surface area (Å²) in [6.45, 7) is 5.42. The normalized spacial score (nSPS) is 18.1. The molecule has 1 aliphatic rings. The van der Waals surface area contributed by atoms with Gasteiger partial charge < -0.3 is 9.47 Å². The Labute approximate surface area is 154 Å². The number of hydrogen-bond donors (Lipinski definition) is 0. The maximum atomic E-state index is 12.2. The van der Waals surface area contributed by atoms with Gasteiger partial charge >= 0.3 is 5.69 Å². The van der Waals surface area contributed by atoms with Gasteiger partial charge in [0, 0.05) is 38.7 Å². The molecule has 0 N–H and O–H groups in total. The van der Waals surface area contributed by atoms with Crippen LogP contribution in [0.2, 0.25) is 0 Å². The molecular formula is C19H28N4O3. The molecule has 26 heavy (non-hydrogen) atoms. The quantitative estimate of drug-likeness (QED) is 0.788. The third-order valence-electron chi connectivity index (χ3n) is 5.04. The van der Waals surface area contributed by atoms with Crippen molar-refractivity contribution in [2.24, 2.45) is 7.05 Å². The van der Waals surface area contributed by atoms with Crippen LogP contribution in [0.5, 0.6) is 11.5 Å². The van der Waals surface area contributed by atoms with Crippen LogP contribution in [-0.4, -0.2) is 46.6 Å². The minimum Gasteiger partial charge on any atom is -0.497 e. The number of likely N-dealkylation sites (tertiary alicyclic amines) is 1. The van der Waals surface area contributed by atoms with Crippen LogP contribution >= 0.6 is 0 Å². The molecule has 142 valence electrons. The Morgan fingerprint density at radius 1 is 1.19 bits per heavy atom. The van der Waals surface area contributed by atoms with Gasteiger partial charge in [0.1, 0.15) is 17.3 Å². The van der Waals surface area contributed by atoms with E-state index >= 15 is 0 Å². The van der Waals surface area contributed by atoms with Crippen LogP contribution in [-0.2, 0) is 20.1 Å². The van der Waals surface area contributed by atoms with Crippen molar-refractivity contribution in [3.8, 4) is 11.5 Å². The van der Waals surface area contributed by atoms with Gasteiger partial charge in [0.05, 0.1) is 14.2 Å². The molecule has 1 aliphatic heterocycles. The van der Waals surface area contributed by atoms with Crippen LogP contribution in [0.3, 0.4) is 0 Å². The van der Waals surface area contributed by atoms with E-state index in [0.29, 0.717) is 6.54 Å². The van der Waals surface area contributed by atoms with Gasteiger partial charge in [-0.2, -0.15) is 5.10 Å². The first kappa shape index (κ1) is 18.5. The number of ether oxygens (including phenoxy) is 2. The molecule has 1 aromatic heterocycles. The standard InChI is InChI=1S/C19H28N4O3/c1-5-23-18(20-21(2)19(23)24)15-7-6-8-22(13-15)12-14-9-16(25-3)11-17(10-14)26-4/h9-11,15H,5-8,12-13H2,1-4H3/t15-/m1/s1. The Balaban J connectivity index is 1.77. The summed E-state index contributed by atoms with van der Waals surface area (Å²) in [5, 5.41) is 4.50. The van der Waals surface area contributed by atoms with E-state index < -0.39 is 0 Å². The second-order valence-corrected chi connectivity index (χ2v) is 6.80. The lowest BCUT2D eigenvalue weighted by Gasteiger charge is -2.32. The van der Waals surface area contributed by atoms with E-state index in [1.54, 1.807) is 25.8 Å². The highest BCUT2D eigenvalue weighted by Crippen LogP contribution is 2.28. The largest absolute Gasteiger partial charge is 0.497 e. The average Bonchev–Trinajstić information content (AvgIpc) is 2.95. The van der Waals surface area contributed by atoms with Crippen molar-refractivity contribution in [3.05, 3.63) is 40.1 Å². The smallest absolute Gasteiger partial charge is 0.345 e. The van der Waals surface area contributed by atoms with E-state index in [-0.39, 0.29) is 11.6 Å². The summed E-state index contributed by atoms with van der Waals surface area (Å²) in [5.41, 5.74) is 1.13. The van der Waals surface area contributed by atoms with E-state index in [1.807, 2.05) is 13.0 Å². The molecular weight excluding hydrogens is 332 g/mol. The number of nitrogens with zero attached hydrogens (tertiary/aromatic N) is 4. The molecule has 1 atom stereocenters. The molecule has 0 saturated carbocycles. The minimum atomic E-state index is -0.0304. The molecule has 0 amide bonds. The average molecular weight is 360 g/mol.